The number of fused-ring (bicyclic) bond motifs is 1. The molecular weight excluding hydrogens is 216 g/mol. The van der Waals surface area contributed by atoms with Crippen LogP contribution in [0.15, 0.2) is 28.5 Å². The Morgan fingerprint density at radius 1 is 1.33 bits per heavy atom. The Bertz CT molecular complexity index is 541. The van der Waals surface area contributed by atoms with Crippen molar-refractivity contribution in [3.8, 4) is 5.75 Å². The third kappa shape index (κ3) is 1.53. The Balaban J connectivity index is 2.74. The molecule has 0 saturated heterocycles. The lowest BCUT2D eigenvalue weighted by molar-refractivity contribution is 0.253. The van der Waals surface area contributed by atoms with E-state index in [0.717, 1.165) is 5.41 Å². The molecular formula is C10H10O4S. The van der Waals surface area contributed by atoms with Gasteiger partial charge in [0, 0.05) is 16.5 Å². The molecule has 1 atom stereocenters. The van der Waals surface area contributed by atoms with Crippen LogP contribution in [0.2, 0.25) is 0 Å². The molecule has 1 unspecified atom stereocenters. The summed E-state index contributed by atoms with van der Waals surface area (Å²) in [6.45, 7) is 1.49. The van der Waals surface area contributed by atoms with Crippen LogP contribution in [0.3, 0.4) is 0 Å². The quantitative estimate of drug-likeness (QED) is 0.746. The molecule has 1 aliphatic heterocycles. The van der Waals surface area contributed by atoms with Gasteiger partial charge < -0.3 is 10.2 Å². The van der Waals surface area contributed by atoms with Crippen molar-refractivity contribution < 1.29 is 18.6 Å². The van der Waals surface area contributed by atoms with Crippen molar-refractivity contribution in [3.63, 3.8) is 0 Å². The fourth-order valence-electron chi connectivity index (χ4n) is 1.61. The summed E-state index contributed by atoms with van der Waals surface area (Å²) >= 11 is 0. The zero-order valence-electron chi connectivity index (χ0n) is 8.01. The number of aromatic hydroxyl groups is 1. The van der Waals surface area contributed by atoms with E-state index in [1.165, 1.54) is 25.1 Å². The summed E-state index contributed by atoms with van der Waals surface area (Å²) in [5.41, 5.74) is 0.700. The number of phenols is 1. The molecule has 1 aliphatic rings. The number of hydrogen-bond acceptors (Lipinski definition) is 4. The molecule has 1 heterocycles. The smallest absolute Gasteiger partial charge is 0.200 e. The summed E-state index contributed by atoms with van der Waals surface area (Å²) in [6, 6.07) is 4.00. The van der Waals surface area contributed by atoms with Gasteiger partial charge in [0.05, 0.1) is 11.0 Å². The maximum absolute atomic E-state index is 11.6. The van der Waals surface area contributed by atoms with Crippen molar-refractivity contribution in [3.05, 3.63) is 29.2 Å². The number of benzene rings is 1. The van der Waals surface area contributed by atoms with E-state index in [0.29, 0.717) is 11.1 Å². The molecule has 1 aromatic carbocycles. The molecule has 1 aromatic rings. The average Bonchev–Trinajstić information content (AvgIpc) is 2.38. The molecule has 0 saturated carbocycles. The third-order valence-electron chi connectivity index (χ3n) is 2.31. The second-order valence-corrected chi connectivity index (χ2v) is 5.24. The van der Waals surface area contributed by atoms with Gasteiger partial charge in [0.1, 0.15) is 5.75 Å². The largest absolute Gasteiger partial charge is 0.508 e. The summed E-state index contributed by atoms with van der Waals surface area (Å²) < 4.78 is 23.2. The second kappa shape index (κ2) is 3.08. The Kier molecular flexibility index (Phi) is 2.09. The van der Waals surface area contributed by atoms with E-state index in [1.54, 1.807) is 0 Å². The van der Waals surface area contributed by atoms with Crippen LogP contribution in [0.1, 0.15) is 12.5 Å². The number of phenolic OH excluding ortho intramolecular Hbond substituents is 1. The molecule has 0 aromatic heterocycles. The monoisotopic (exact) mass is 226 g/mol. The summed E-state index contributed by atoms with van der Waals surface area (Å²) in [6.07, 6.45) is -0.872. The van der Waals surface area contributed by atoms with Crippen LogP contribution in [0.5, 0.6) is 5.75 Å². The molecule has 80 valence electrons. The van der Waals surface area contributed by atoms with Crippen LogP contribution in [-0.2, 0) is 9.84 Å². The molecule has 2 N–H and O–H groups in total. The van der Waals surface area contributed by atoms with E-state index in [1.807, 2.05) is 0 Å². The lowest BCUT2D eigenvalue weighted by atomic mass is 10.0. The van der Waals surface area contributed by atoms with Gasteiger partial charge in [-0.25, -0.2) is 8.42 Å². The summed E-state index contributed by atoms with van der Waals surface area (Å²) in [4.78, 5) is 0.135. The number of aliphatic hydroxyl groups is 1. The van der Waals surface area contributed by atoms with Gasteiger partial charge in [0.2, 0.25) is 9.84 Å². The van der Waals surface area contributed by atoms with Gasteiger partial charge in [0.15, 0.2) is 0 Å². The number of hydrogen-bond donors (Lipinski definition) is 2. The Hall–Kier alpha value is -1.33. The molecule has 0 radical (unpaired) electrons. The van der Waals surface area contributed by atoms with E-state index < -0.39 is 15.9 Å². The summed E-state index contributed by atoms with van der Waals surface area (Å²) in [5.74, 6) is -0.0163. The number of aliphatic hydroxyl groups excluding tert-OH is 1. The van der Waals surface area contributed by atoms with Crippen molar-refractivity contribution in [1.29, 1.82) is 0 Å². The van der Waals surface area contributed by atoms with E-state index in [-0.39, 0.29) is 10.6 Å². The maximum atomic E-state index is 11.6. The first-order valence-electron chi connectivity index (χ1n) is 4.40. The topological polar surface area (TPSA) is 74.6 Å². The molecule has 15 heavy (non-hydrogen) atoms. The molecule has 5 heteroatoms. The average molecular weight is 226 g/mol. The van der Waals surface area contributed by atoms with Gasteiger partial charge in [-0.1, -0.05) is 0 Å². The third-order valence-corrected chi connectivity index (χ3v) is 3.85. The lowest BCUT2D eigenvalue weighted by Gasteiger charge is -2.06. The van der Waals surface area contributed by atoms with Crippen LogP contribution in [-0.4, -0.2) is 24.7 Å². The maximum Gasteiger partial charge on any atom is 0.200 e. The second-order valence-electron chi connectivity index (χ2n) is 3.47. The zero-order chi connectivity index (χ0) is 11.2. The Labute approximate surface area is 87.4 Å². The lowest BCUT2D eigenvalue weighted by Crippen LogP contribution is -2.01. The van der Waals surface area contributed by atoms with Gasteiger partial charge in [0.25, 0.3) is 0 Å². The van der Waals surface area contributed by atoms with E-state index >= 15 is 0 Å². The van der Waals surface area contributed by atoms with Crippen LogP contribution in [0, 0.1) is 0 Å². The summed E-state index contributed by atoms with van der Waals surface area (Å²) in [7, 11) is -3.45. The van der Waals surface area contributed by atoms with Crippen molar-refractivity contribution in [2.24, 2.45) is 0 Å². The highest BCUT2D eigenvalue weighted by atomic mass is 32.2. The van der Waals surface area contributed by atoms with Crippen molar-refractivity contribution in [2.75, 3.05) is 0 Å². The highest BCUT2D eigenvalue weighted by molar-refractivity contribution is 7.95. The van der Waals surface area contributed by atoms with E-state index in [2.05, 4.69) is 0 Å². The highest BCUT2D eigenvalue weighted by Gasteiger charge is 2.29. The van der Waals surface area contributed by atoms with Gasteiger partial charge in [-0.05, 0) is 25.1 Å². The van der Waals surface area contributed by atoms with Gasteiger partial charge in [-0.2, -0.15) is 0 Å². The van der Waals surface area contributed by atoms with Crippen molar-refractivity contribution in [1.82, 2.24) is 0 Å². The number of rotatable bonds is 1. The molecule has 0 bridgehead atoms. The predicted molar refractivity (Wildman–Crippen MR) is 55.0 cm³/mol. The van der Waals surface area contributed by atoms with Crippen molar-refractivity contribution >= 4 is 15.4 Å². The first kappa shape index (κ1) is 10.2. The van der Waals surface area contributed by atoms with Crippen molar-refractivity contribution in [2.45, 2.75) is 17.9 Å². The normalized spacial score (nSPS) is 19.5. The van der Waals surface area contributed by atoms with Crippen LogP contribution < -0.4 is 0 Å². The van der Waals surface area contributed by atoms with Crippen LogP contribution in [0.4, 0.5) is 0 Å². The minimum absolute atomic E-state index is 0.0163. The summed E-state index contributed by atoms with van der Waals surface area (Å²) in [5, 5.41) is 19.7. The Morgan fingerprint density at radius 2 is 2.00 bits per heavy atom. The standard InChI is InChI=1S/C10H10O4S/c1-6(11)9-5-15(13,14)10-3-2-7(12)4-8(9)10/h2-6,11-12H,1H3. The van der Waals surface area contributed by atoms with Crippen LogP contribution >= 0.6 is 0 Å². The van der Waals surface area contributed by atoms with Crippen LogP contribution in [0.25, 0.3) is 5.57 Å². The Morgan fingerprint density at radius 3 is 2.60 bits per heavy atom. The first-order chi connectivity index (χ1) is 6.92. The fraction of sp³-hybridized carbons (Fsp3) is 0.200. The molecule has 0 amide bonds. The first-order valence-corrected chi connectivity index (χ1v) is 5.94. The van der Waals surface area contributed by atoms with E-state index in [9.17, 15) is 18.6 Å². The van der Waals surface area contributed by atoms with Gasteiger partial charge in [-0.15, -0.1) is 0 Å². The minimum Gasteiger partial charge on any atom is -0.508 e. The molecule has 0 fully saturated rings. The van der Waals surface area contributed by atoms with Gasteiger partial charge in [-0.3, -0.25) is 0 Å². The van der Waals surface area contributed by atoms with Gasteiger partial charge >= 0.3 is 0 Å². The van der Waals surface area contributed by atoms with E-state index in [4.69, 9.17) is 0 Å². The molecule has 0 aliphatic carbocycles. The minimum atomic E-state index is -3.45. The predicted octanol–water partition coefficient (Wildman–Crippen LogP) is 0.901. The molecule has 0 spiro atoms. The zero-order valence-corrected chi connectivity index (χ0v) is 8.82. The molecule has 2 rings (SSSR count). The highest BCUT2D eigenvalue weighted by Crippen LogP contribution is 2.36. The molecule has 4 nitrogen and oxygen atoms in total. The SMILES string of the molecule is CC(O)C1=CS(=O)(=O)c2ccc(O)cc21. The number of sulfone groups is 1. The fourth-order valence-corrected chi connectivity index (χ4v) is 3.14.